The highest BCUT2D eigenvalue weighted by Gasteiger charge is 2.50. The number of hydrogen-bond donors (Lipinski definition) is 2. The zero-order valence-corrected chi connectivity index (χ0v) is 14.5. The molecule has 2 aromatic rings. The predicted molar refractivity (Wildman–Crippen MR) is 97.5 cm³/mol. The molecule has 7 nitrogen and oxygen atoms in total. The monoisotopic (exact) mass is 368 g/mol. The molecule has 2 saturated heterocycles. The van der Waals surface area contributed by atoms with Crippen LogP contribution in [0.15, 0.2) is 60.7 Å². The summed E-state index contributed by atoms with van der Waals surface area (Å²) in [5.41, 5.74) is 1.23. The van der Waals surface area contributed by atoms with Gasteiger partial charge in [0.2, 0.25) is 0 Å². The van der Waals surface area contributed by atoms with E-state index in [1.54, 1.807) is 24.3 Å². The molecule has 7 heteroatoms. The maximum absolute atomic E-state index is 12.3. The molecule has 4 rings (SSSR count). The lowest BCUT2D eigenvalue weighted by Gasteiger charge is -2.18. The van der Waals surface area contributed by atoms with Gasteiger partial charge in [0.15, 0.2) is 6.10 Å². The van der Waals surface area contributed by atoms with Crippen LogP contribution in [0.3, 0.4) is 0 Å². The third kappa shape index (κ3) is 3.94. The Balaban J connectivity index is 1.32. The molecule has 0 saturated carbocycles. The van der Waals surface area contributed by atoms with Gasteiger partial charge in [-0.25, -0.2) is 4.79 Å². The van der Waals surface area contributed by atoms with Crippen LogP contribution in [0.4, 0.5) is 10.5 Å². The minimum Gasteiger partial charge on any atom is -0.441 e. The Bertz CT molecular complexity index is 799. The van der Waals surface area contributed by atoms with Crippen LogP contribution in [-0.2, 0) is 14.2 Å². The highest BCUT2D eigenvalue weighted by molar-refractivity contribution is 5.94. The molecule has 0 aromatic heterocycles. The van der Waals surface area contributed by atoms with Gasteiger partial charge in [0.25, 0.3) is 5.91 Å². The Kier molecular flexibility index (Phi) is 5.04. The second-order valence-electron chi connectivity index (χ2n) is 6.48. The van der Waals surface area contributed by atoms with Crippen molar-refractivity contribution in [2.45, 2.75) is 24.4 Å². The summed E-state index contributed by atoms with van der Waals surface area (Å²) in [5.74, 6) is -0.181. The van der Waals surface area contributed by atoms with Crippen molar-refractivity contribution in [3.63, 3.8) is 0 Å². The van der Waals surface area contributed by atoms with Crippen LogP contribution in [0.1, 0.15) is 10.4 Å². The first-order valence-electron chi connectivity index (χ1n) is 8.82. The molecular formula is C20H20N2O5. The van der Waals surface area contributed by atoms with Gasteiger partial charge in [0.1, 0.15) is 12.2 Å². The lowest BCUT2D eigenvalue weighted by atomic mass is 10.1. The Hall–Kier alpha value is -2.90. The van der Waals surface area contributed by atoms with E-state index in [-0.39, 0.29) is 24.7 Å². The Morgan fingerprint density at radius 1 is 0.889 bits per heavy atom. The fourth-order valence-electron chi connectivity index (χ4n) is 3.34. The van der Waals surface area contributed by atoms with Crippen LogP contribution in [0.5, 0.6) is 0 Å². The second-order valence-corrected chi connectivity index (χ2v) is 6.48. The average molecular weight is 368 g/mol. The summed E-state index contributed by atoms with van der Waals surface area (Å²) in [6, 6.07) is 17.7. The summed E-state index contributed by atoms with van der Waals surface area (Å²) in [6.07, 6.45) is -1.81. The van der Waals surface area contributed by atoms with E-state index in [0.29, 0.717) is 17.9 Å². The van der Waals surface area contributed by atoms with Gasteiger partial charge >= 0.3 is 6.09 Å². The van der Waals surface area contributed by atoms with E-state index in [9.17, 15) is 9.59 Å². The SMILES string of the molecule is O=C(Nc1ccccc1)OC1COC2C(NC(=O)c3ccccc3)COC12. The first-order valence-corrected chi connectivity index (χ1v) is 8.82. The highest BCUT2D eigenvalue weighted by atomic mass is 16.6. The van der Waals surface area contributed by atoms with Gasteiger partial charge in [0.05, 0.1) is 19.3 Å². The van der Waals surface area contributed by atoms with Crippen LogP contribution in [0, 0.1) is 0 Å². The normalized spacial score (nSPS) is 26.2. The van der Waals surface area contributed by atoms with Crippen molar-refractivity contribution in [3.05, 3.63) is 66.2 Å². The molecule has 140 valence electrons. The average Bonchev–Trinajstić information content (AvgIpc) is 3.27. The third-order valence-corrected chi connectivity index (χ3v) is 4.64. The minimum atomic E-state index is -0.559. The van der Waals surface area contributed by atoms with Crippen molar-refractivity contribution in [1.82, 2.24) is 5.32 Å². The summed E-state index contributed by atoms with van der Waals surface area (Å²) in [6.45, 7) is 0.545. The molecule has 2 amide bonds. The van der Waals surface area contributed by atoms with Crippen LogP contribution < -0.4 is 10.6 Å². The fraction of sp³-hybridized carbons (Fsp3) is 0.300. The van der Waals surface area contributed by atoms with Crippen molar-refractivity contribution in [1.29, 1.82) is 0 Å². The van der Waals surface area contributed by atoms with E-state index >= 15 is 0 Å². The van der Waals surface area contributed by atoms with E-state index < -0.39 is 18.3 Å². The second kappa shape index (κ2) is 7.77. The topological polar surface area (TPSA) is 85.9 Å². The maximum atomic E-state index is 12.3. The number of benzene rings is 2. The van der Waals surface area contributed by atoms with Crippen molar-refractivity contribution in [2.24, 2.45) is 0 Å². The number of carbonyl (C=O) groups excluding carboxylic acids is 2. The molecule has 2 aliphatic heterocycles. The molecular weight excluding hydrogens is 348 g/mol. The molecule has 0 spiro atoms. The number of fused-ring (bicyclic) bond motifs is 1. The van der Waals surface area contributed by atoms with E-state index in [1.165, 1.54) is 0 Å². The number of amides is 2. The van der Waals surface area contributed by atoms with Gasteiger partial charge < -0.3 is 19.5 Å². The van der Waals surface area contributed by atoms with Crippen molar-refractivity contribution < 1.29 is 23.8 Å². The molecule has 2 aromatic carbocycles. The molecule has 0 aliphatic carbocycles. The van der Waals surface area contributed by atoms with Crippen molar-refractivity contribution >= 4 is 17.7 Å². The molecule has 4 atom stereocenters. The van der Waals surface area contributed by atoms with Crippen molar-refractivity contribution in [2.75, 3.05) is 18.5 Å². The minimum absolute atomic E-state index is 0.181. The van der Waals surface area contributed by atoms with Gasteiger partial charge in [-0.3, -0.25) is 10.1 Å². The van der Waals surface area contributed by atoms with Crippen LogP contribution in [-0.4, -0.2) is 49.6 Å². The number of hydrogen-bond acceptors (Lipinski definition) is 5. The van der Waals surface area contributed by atoms with Gasteiger partial charge in [0, 0.05) is 11.3 Å². The molecule has 2 fully saturated rings. The lowest BCUT2D eigenvalue weighted by Crippen LogP contribution is -2.44. The number of para-hydroxylation sites is 1. The number of ether oxygens (including phenoxy) is 3. The van der Waals surface area contributed by atoms with E-state index in [2.05, 4.69) is 10.6 Å². The van der Waals surface area contributed by atoms with Crippen LogP contribution >= 0.6 is 0 Å². The summed E-state index contributed by atoms with van der Waals surface area (Å²) in [5, 5.41) is 5.61. The maximum Gasteiger partial charge on any atom is 0.412 e. The quantitative estimate of drug-likeness (QED) is 0.864. The first kappa shape index (κ1) is 17.5. The largest absolute Gasteiger partial charge is 0.441 e. The van der Waals surface area contributed by atoms with Crippen molar-refractivity contribution in [3.8, 4) is 0 Å². The molecule has 2 heterocycles. The number of anilines is 1. The summed E-state index contributed by atoms with van der Waals surface area (Å²) < 4.78 is 16.9. The standard InChI is InChI=1S/C20H20N2O5/c23-19(13-7-3-1-4-8-13)22-15-11-25-18-16(12-26-17(15)18)27-20(24)21-14-9-5-2-6-10-14/h1-10,15-18H,11-12H2,(H,21,24)(H,22,23). The van der Waals surface area contributed by atoms with Gasteiger partial charge in [-0.1, -0.05) is 36.4 Å². The highest BCUT2D eigenvalue weighted by Crippen LogP contribution is 2.29. The van der Waals surface area contributed by atoms with E-state index in [0.717, 1.165) is 0 Å². The first-order chi connectivity index (χ1) is 13.2. The Morgan fingerprint density at radius 2 is 1.56 bits per heavy atom. The molecule has 0 radical (unpaired) electrons. The molecule has 2 aliphatic rings. The molecule has 2 N–H and O–H groups in total. The summed E-state index contributed by atoms with van der Waals surface area (Å²) >= 11 is 0. The molecule has 0 bridgehead atoms. The van der Waals surface area contributed by atoms with Crippen LogP contribution in [0.2, 0.25) is 0 Å². The number of nitrogens with one attached hydrogen (secondary N) is 2. The molecule has 27 heavy (non-hydrogen) atoms. The fourth-order valence-corrected chi connectivity index (χ4v) is 3.34. The zero-order chi connectivity index (χ0) is 18.6. The molecule has 4 unspecified atom stereocenters. The Labute approximate surface area is 156 Å². The number of carbonyl (C=O) groups is 2. The predicted octanol–water partition coefficient (Wildman–Crippen LogP) is 2.20. The third-order valence-electron chi connectivity index (χ3n) is 4.64. The van der Waals surface area contributed by atoms with Gasteiger partial charge in [-0.2, -0.15) is 0 Å². The van der Waals surface area contributed by atoms with Crippen LogP contribution in [0.25, 0.3) is 0 Å². The Morgan fingerprint density at radius 3 is 2.30 bits per heavy atom. The lowest BCUT2D eigenvalue weighted by molar-refractivity contribution is 0.00862. The van der Waals surface area contributed by atoms with E-state index in [4.69, 9.17) is 14.2 Å². The van der Waals surface area contributed by atoms with Gasteiger partial charge in [-0.05, 0) is 24.3 Å². The summed E-state index contributed by atoms with van der Waals surface area (Å²) in [4.78, 5) is 24.4. The van der Waals surface area contributed by atoms with Gasteiger partial charge in [-0.15, -0.1) is 0 Å². The van der Waals surface area contributed by atoms with E-state index in [1.807, 2.05) is 36.4 Å². The summed E-state index contributed by atoms with van der Waals surface area (Å²) in [7, 11) is 0. The number of rotatable bonds is 4. The zero-order valence-electron chi connectivity index (χ0n) is 14.5. The smallest absolute Gasteiger partial charge is 0.412 e.